The van der Waals surface area contributed by atoms with Crippen molar-refractivity contribution in [1.82, 2.24) is 0 Å². The third-order valence-corrected chi connectivity index (χ3v) is 1.77. The van der Waals surface area contributed by atoms with Gasteiger partial charge in [-0.3, -0.25) is 0 Å². The van der Waals surface area contributed by atoms with Crippen LogP contribution in [0.5, 0.6) is 0 Å². The second kappa shape index (κ2) is 8.46. The molecule has 0 unspecified atom stereocenters. The SMILES string of the molecule is Cc1cc[c-]cc1.Cc1cc[c-]cc1.[Ti+2]. The molecule has 0 atom stereocenters. The van der Waals surface area contributed by atoms with Crippen molar-refractivity contribution in [3.8, 4) is 0 Å². The zero-order valence-corrected chi connectivity index (χ0v) is 10.7. The van der Waals surface area contributed by atoms with Crippen LogP contribution in [0.25, 0.3) is 0 Å². The van der Waals surface area contributed by atoms with Crippen LogP contribution >= 0.6 is 0 Å². The van der Waals surface area contributed by atoms with Gasteiger partial charge in [-0.15, -0.1) is 0 Å². The summed E-state index contributed by atoms with van der Waals surface area (Å²) in [6.07, 6.45) is 0. The maximum Gasteiger partial charge on any atom is 2.00 e. The van der Waals surface area contributed by atoms with Crippen LogP contribution in [-0.2, 0) is 21.7 Å². The normalized spacial score (nSPS) is 8.13. The standard InChI is InChI=1S/2C7H7.Ti/c2*1-7-5-3-2-4-6-7;/h2*3-6H,1H3;/q2*-1;+2. The van der Waals surface area contributed by atoms with Gasteiger partial charge in [-0.05, 0) is 0 Å². The molecule has 0 aliphatic carbocycles. The number of hydrogen-bond acceptors (Lipinski definition) is 0. The Morgan fingerprint density at radius 1 is 0.667 bits per heavy atom. The molecule has 2 rings (SSSR count). The van der Waals surface area contributed by atoms with Gasteiger partial charge in [0.05, 0.1) is 0 Å². The first-order valence-electron chi connectivity index (χ1n) is 4.64. The Hall–Kier alpha value is -0.846. The molecule has 0 amide bonds. The van der Waals surface area contributed by atoms with Crippen molar-refractivity contribution in [2.24, 2.45) is 0 Å². The summed E-state index contributed by atoms with van der Waals surface area (Å²) in [5.41, 5.74) is 2.58. The number of aryl methyl sites for hydroxylation is 2. The predicted molar refractivity (Wildman–Crippen MR) is 60.0 cm³/mol. The number of rotatable bonds is 0. The molecule has 0 aromatic heterocycles. The Labute approximate surface area is 107 Å². The van der Waals surface area contributed by atoms with Gasteiger partial charge in [0.15, 0.2) is 0 Å². The number of benzene rings is 2. The van der Waals surface area contributed by atoms with Crippen LogP contribution in [0.4, 0.5) is 0 Å². The maximum atomic E-state index is 2.93. The molecule has 0 spiro atoms. The minimum atomic E-state index is 0. The van der Waals surface area contributed by atoms with Crippen molar-refractivity contribution < 1.29 is 21.7 Å². The van der Waals surface area contributed by atoms with Gasteiger partial charge in [-0.25, -0.2) is 0 Å². The van der Waals surface area contributed by atoms with E-state index in [0.717, 1.165) is 0 Å². The molecule has 2 aromatic carbocycles. The van der Waals surface area contributed by atoms with E-state index in [9.17, 15) is 0 Å². The van der Waals surface area contributed by atoms with E-state index in [-0.39, 0.29) is 21.7 Å². The van der Waals surface area contributed by atoms with Crippen LogP contribution in [0.3, 0.4) is 0 Å². The van der Waals surface area contributed by atoms with Gasteiger partial charge in [0.25, 0.3) is 0 Å². The second-order valence-corrected chi connectivity index (χ2v) is 3.15. The summed E-state index contributed by atoms with van der Waals surface area (Å²) in [6.45, 7) is 4.13. The topological polar surface area (TPSA) is 0 Å². The van der Waals surface area contributed by atoms with E-state index in [1.54, 1.807) is 0 Å². The summed E-state index contributed by atoms with van der Waals surface area (Å²) >= 11 is 0. The fraction of sp³-hybridized carbons (Fsp3) is 0.143. The van der Waals surface area contributed by atoms with Gasteiger partial charge in [-0.1, -0.05) is 13.8 Å². The smallest absolute Gasteiger partial charge is 0.184 e. The van der Waals surface area contributed by atoms with E-state index in [1.165, 1.54) is 11.1 Å². The van der Waals surface area contributed by atoms with E-state index in [2.05, 4.69) is 26.0 Å². The van der Waals surface area contributed by atoms with Crippen LogP contribution in [-0.4, -0.2) is 0 Å². The summed E-state index contributed by atoms with van der Waals surface area (Å²) in [5, 5.41) is 0. The molecular formula is C14H14Ti. The molecule has 74 valence electrons. The summed E-state index contributed by atoms with van der Waals surface area (Å²) in [5.74, 6) is 0. The molecular weight excluding hydrogens is 216 g/mol. The Kier molecular flexibility index (Phi) is 7.98. The van der Waals surface area contributed by atoms with Crippen LogP contribution in [0, 0.1) is 26.0 Å². The van der Waals surface area contributed by atoms with Crippen LogP contribution in [0.15, 0.2) is 48.5 Å². The minimum absolute atomic E-state index is 0. The zero-order chi connectivity index (χ0) is 10.2. The van der Waals surface area contributed by atoms with Crippen molar-refractivity contribution >= 4 is 0 Å². The fourth-order valence-corrected chi connectivity index (χ4v) is 0.940. The Morgan fingerprint density at radius 3 is 1.07 bits per heavy atom. The monoisotopic (exact) mass is 230 g/mol. The van der Waals surface area contributed by atoms with Gasteiger partial charge in [0, 0.05) is 0 Å². The Balaban J connectivity index is 0.000000245. The minimum Gasteiger partial charge on any atom is -0.184 e. The third kappa shape index (κ3) is 7.13. The Morgan fingerprint density at radius 2 is 0.933 bits per heavy atom. The van der Waals surface area contributed by atoms with Gasteiger partial charge in [0.2, 0.25) is 0 Å². The largest absolute Gasteiger partial charge is 2.00 e. The first-order chi connectivity index (χ1) is 6.79. The van der Waals surface area contributed by atoms with Gasteiger partial charge in [-0.2, -0.15) is 71.8 Å². The zero-order valence-electron chi connectivity index (χ0n) is 9.12. The van der Waals surface area contributed by atoms with Crippen molar-refractivity contribution in [2.75, 3.05) is 0 Å². The van der Waals surface area contributed by atoms with Crippen molar-refractivity contribution in [1.29, 1.82) is 0 Å². The van der Waals surface area contributed by atoms with Crippen molar-refractivity contribution in [3.05, 3.63) is 71.8 Å². The van der Waals surface area contributed by atoms with Crippen molar-refractivity contribution in [2.45, 2.75) is 13.8 Å². The van der Waals surface area contributed by atoms with Crippen LogP contribution < -0.4 is 0 Å². The first kappa shape index (κ1) is 14.2. The maximum absolute atomic E-state index is 2.93. The molecule has 0 saturated carbocycles. The molecule has 0 fully saturated rings. The third-order valence-electron chi connectivity index (χ3n) is 1.77. The molecule has 0 N–H and O–H groups in total. The molecule has 0 saturated heterocycles. The second-order valence-electron chi connectivity index (χ2n) is 3.15. The van der Waals surface area contributed by atoms with Crippen LogP contribution in [0.2, 0.25) is 0 Å². The first-order valence-corrected chi connectivity index (χ1v) is 4.64. The molecule has 0 radical (unpaired) electrons. The molecule has 0 nitrogen and oxygen atoms in total. The van der Waals surface area contributed by atoms with E-state index in [4.69, 9.17) is 0 Å². The van der Waals surface area contributed by atoms with Crippen molar-refractivity contribution in [3.63, 3.8) is 0 Å². The fourth-order valence-electron chi connectivity index (χ4n) is 0.940. The van der Waals surface area contributed by atoms with Gasteiger partial charge >= 0.3 is 21.7 Å². The van der Waals surface area contributed by atoms with E-state index < -0.39 is 0 Å². The van der Waals surface area contributed by atoms with Gasteiger partial charge in [0.1, 0.15) is 0 Å². The average molecular weight is 230 g/mol. The molecule has 0 aliphatic heterocycles. The van der Waals surface area contributed by atoms with E-state index in [0.29, 0.717) is 0 Å². The number of hydrogen-bond donors (Lipinski definition) is 0. The average Bonchev–Trinajstić information content (AvgIpc) is 2.21. The quantitative estimate of drug-likeness (QED) is 0.479. The molecule has 2 aromatic rings. The summed E-state index contributed by atoms with van der Waals surface area (Å²) in [4.78, 5) is 0. The van der Waals surface area contributed by atoms with E-state index >= 15 is 0 Å². The van der Waals surface area contributed by atoms with Crippen LogP contribution in [0.1, 0.15) is 11.1 Å². The van der Waals surface area contributed by atoms with E-state index in [1.807, 2.05) is 48.5 Å². The summed E-state index contributed by atoms with van der Waals surface area (Å²) in [6, 6.07) is 21.6. The molecule has 0 bridgehead atoms. The van der Waals surface area contributed by atoms with Gasteiger partial charge < -0.3 is 0 Å². The predicted octanol–water partition coefficient (Wildman–Crippen LogP) is 3.59. The molecule has 1 heteroatoms. The molecule has 0 heterocycles. The summed E-state index contributed by atoms with van der Waals surface area (Å²) < 4.78 is 0. The molecule has 15 heavy (non-hydrogen) atoms. The summed E-state index contributed by atoms with van der Waals surface area (Å²) in [7, 11) is 0. The molecule has 0 aliphatic rings. The Bertz CT molecular complexity index is 303.